The van der Waals surface area contributed by atoms with Crippen molar-refractivity contribution in [1.82, 2.24) is 19.9 Å². The van der Waals surface area contributed by atoms with Gasteiger partial charge in [-0.1, -0.05) is 18.2 Å². The van der Waals surface area contributed by atoms with Gasteiger partial charge in [-0.2, -0.15) is 0 Å². The Kier molecular flexibility index (Phi) is 5.61. The van der Waals surface area contributed by atoms with Crippen LogP contribution in [0.2, 0.25) is 0 Å². The zero-order valence-electron chi connectivity index (χ0n) is 16.0. The summed E-state index contributed by atoms with van der Waals surface area (Å²) in [7, 11) is 0. The summed E-state index contributed by atoms with van der Waals surface area (Å²) in [6, 6.07) is 19.9. The maximum absolute atomic E-state index is 12.7. The van der Waals surface area contributed by atoms with E-state index in [1.165, 1.54) is 6.20 Å². The highest BCUT2D eigenvalue weighted by molar-refractivity contribution is 6.03. The summed E-state index contributed by atoms with van der Waals surface area (Å²) < 4.78 is 1.72. The Hall–Kier alpha value is -4.26. The molecule has 7 heteroatoms. The minimum Gasteiger partial charge on any atom is -0.348 e. The maximum atomic E-state index is 12.7. The van der Waals surface area contributed by atoms with Crippen LogP contribution in [0.1, 0.15) is 26.4 Å². The van der Waals surface area contributed by atoms with E-state index in [2.05, 4.69) is 20.6 Å². The van der Waals surface area contributed by atoms with Crippen molar-refractivity contribution >= 4 is 17.5 Å². The fraction of sp³-hybridized carbons (Fsp3) is 0.0435. The van der Waals surface area contributed by atoms with Crippen LogP contribution in [0, 0.1) is 0 Å². The summed E-state index contributed by atoms with van der Waals surface area (Å²) in [5.74, 6) is -0.474. The van der Waals surface area contributed by atoms with Crippen LogP contribution in [0.4, 0.5) is 5.69 Å². The number of benzene rings is 2. The standard InChI is InChI=1S/C23H19N5O2/c29-22(26-14-17-10-12-24-13-11-17)18-6-8-19(9-7-18)27-23(30)21-15-25-16-28(21)20-4-2-1-3-5-20/h1-13,15-16H,14H2,(H,26,29)(H,27,30). The molecule has 0 saturated heterocycles. The number of amides is 2. The molecule has 0 aliphatic heterocycles. The lowest BCUT2D eigenvalue weighted by Gasteiger charge is -2.10. The number of pyridine rings is 1. The molecule has 2 heterocycles. The van der Waals surface area contributed by atoms with E-state index in [-0.39, 0.29) is 11.8 Å². The second kappa shape index (κ2) is 8.83. The smallest absolute Gasteiger partial charge is 0.274 e. The van der Waals surface area contributed by atoms with Crippen molar-refractivity contribution < 1.29 is 9.59 Å². The molecule has 0 unspecified atom stereocenters. The van der Waals surface area contributed by atoms with Gasteiger partial charge >= 0.3 is 0 Å². The molecule has 148 valence electrons. The molecule has 2 N–H and O–H groups in total. The zero-order chi connectivity index (χ0) is 20.8. The molecule has 0 spiro atoms. The number of carbonyl (C=O) groups is 2. The van der Waals surface area contributed by atoms with E-state index in [9.17, 15) is 9.59 Å². The Morgan fingerprint density at radius 2 is 1.57 bits per heavy atom. The highest BCUT2D eigenvalue weighted by atomic mass is 16.2. The van der Waals surface area contributed by atoms with Gasteiger partial charge in [-0.3, -0.25) is 19.1 Å². The van der Waals surface area contributed by atoms with Gasteiger partial charge in [0.05, 0.1) is 12.5 Å². The van der Waals surface area contributed by atoms with Gasteiger partial charge in [0.2, 0.25) is 0 Å². The predicted molar refractivity (Wildman–Crippen MR) is 113 cm³/mol. The molecular weight excluding hydrogens is 378 g/mol. The molecular formula is C23H19N5O2. The van der Waals surface area contributed by atoms with Gasteiger partial charge in [0.15, 0.2) is 0 Å². The van der Waals surface area contributed by atoms with Crippen molar-refractivity contribution in [2.75, 3.05) is 5.32 Å². The Morgan fingerprint density at radius 1 is 0.833 bits per heavy atom. The number of aromatic nitrogens is 3. The quantitative estimate of drug-likeness (QED) is 0.522. The lowest BCUT2D eigenvalue weighted by molar-refractivity contribution is 0.0950. The fourth-order valence-corrected chi connectivity index (χ4v) is 2.94. The molecule has 0 radical (unpaired) electrons. The molecule has 0 atom stereocenters. The summed E-state index contributed by atoms with van der Waals surface area (Å²) in [5, 5.41) is 5.70. The number of hydrogen-bond acceptors (Lipinski definition) is 4. The van der Waals surface area contributed by atoms with Crippen LogP contribution in [0.15, 0.2) is 91.6 Å². The Labute approximate surface area is 173 Å². The number of carbonyl (C=O) groups excluding carboxylic acids is 2. The number of para-hydroxylation sites is 1. The summed E-state index contributed by atoms with van der Waals surface area (Å²) in [6.07, 6.45) is 6.48. The summed E-state index contributed by atoms with van der Waals surface area (Å²) >= 11 is 0. The SMILES string of the molecule is O=C(NCc1ccncc1)c1ccc(NC(=O)c2cncn2-c2ccccc2)cc1. The van der Waals surface area contributed by atoms with Gasteiger partial charge in [-0.25, -0.2) is 4.98 Å². The summed E-state index contributed by atoms with van der Waals surface area (Å²) in [4.78, 5) is 33.0. The van der Waals surface area contributed by atoms with Crippen molar-refractivity contribution in [1.29, 1.82) is 0 Å². The van der Waals surface area contributed by atoms with E-state index < -0.39 is 0 Å². The molecule has 0 bridgehead atoms. The monoisotopic (exact) mass is 397 g/mol. The number of imidazole rings is 1. The third-order valence-corrected chi connectivity index (χ3v) is 4.51. The molecule has 7 nitrogen and oxygen atoms in total. The average Bonchev–Trinajstić information content (AvgIpc) is 3.29. The number of anilines is 1. The Morgan fingerprint density at radius 3 is 2.30 bits per heavy atom. The number of hydrogen-bond donors (Lipinski definition) is 2. The van der Waals surface area contributed by atoms with Crippen molar-refractivity contribution in [3.63, 3.8) is 0 Å². The van der Waals surface area contributed by atoms with Gasteiger partial charge < -0.3 is 10.6 Å². The van der Waals surface area contributed by atoms with Crippen LogP contribution in [0.3, 0.4) is 0 Å². The van der Waals surface area contributed by atoms with Crippen LogP contribution in [-0.2, 0) is 6.54 Å². The third-order valence-electron chi connectivity index (χ3n) is 4.51. The van der Waals surface area contributed by atoms with E-state index >= 15 is 0 Å². The molecule has 4 aromatic rings. The lowest BCUT2D eigenvalue weighted by Crippen LogP contribution is -2.22. The van der Waals surface area contributed by atoms with E-state index in [1.807, 2.05) is 42.5 Å². The molecule has 0 saturated carbocycles. The van der Waals surface area contributed by atoms with Crippen LogP contribution in [-0.4, -0.2) is 26.3 Å². The molecule has 0 aliphatic carbocycles. The molecule has 30 heavy (non-hydrogen) atoms. The van der Waals surface area contributed by atoms with Crippen LogP contribution < -0.4 is 10.6 Å². The van der Waals surface area contributed by atoms with Crippen LogP contribution >= 0.6 is 0 Å². The minimum absolute atomic E-state index is 0.188. The molecule has 4 rings (SSSR count). The Balaban J connectivity index is 1.40. The second-order valence-electron chi connectivity index (χ2n) is 6.55. The number of nitrogens with one attached hydrogen (secondary N) is 2. The average molecular weight is 397 g/mol. The van der Waals surface area contributed by atoms with Crippen molar-refractivity contribution in [2.45, 2.75) is 6.54 Å². The van der Waals surface area contributed by atoms with Crippen LogP contribution in [0.25, 0.3) is 5.69 Å². The van der Waals surface area contributed by atoms with Gasteiger partial charge in [-0.05, 0) is 54.1 Å². The summed E-state index contributed by atoms with van der Waals surface area (Å²) in [5.41, 5.74) is 3.34. The van der Waals surface area contributed by atoms with Gasteiger partial charge in [0.25, 0.3) is 11.8 Å². The third kappa shape index (κ3) is 4.41. The normalized spacial score (nSPS) is 10.4. The highest BCUT2D eigenvalue weighted by Gasteiger charge is 2.13. The molecule has 0 aliphatic rings. The maximum Gasteiger partial charge on any atom is 0.274 e. The van der Waals surface area contributed by atoms with Crippen molar-refractivity contribution in [3.05, 3.63) is 108 Å². The van der Waals surface area contributed by atoms with Crippen molar-refractivity contribution in [3.8, 4) is 5.69 Å². The van der Waals surface area contributed by atoms with Crippen LogP contribution in [0.5, 0.6) is 0 Å². The first-order valence-electron chi connectivity index (χ1n) is 9.37. The van der Waals surface area contributed by atoms with E-state index in [0.29, 0.717) is 23.5 Å². The molecule has 2 amide bonds. The first kappa shape index (κ1) is 19.1. The molecule has 2 aromatic carbocycles. The number of rotatable bonds is 6. The van der Waals surface area contributed by atoms with Crippen molar-refractivity contribution in [2.24, 2.45) is 0 Å². The number of nitrogens with zero attached hydrogens (tertiary/aromatic N) is 3. The van der Waals surface area contributed by atoms with Gasteiger partial charge in [0, 0.05) is 35.9 Å². The molecule has 2 aromatic heterocycles. The van der Waals surface area contributed by atoms with Gasteiger partial charge in [-0.15, -0.1) is 0 Å². The summed E-state index contributed by atoms with van der Waals surface area (Å²) in [6.45, 7) is 0.420. The second-order valence-corrected chi connectivity index (χ2v) is 6.55. The topological polar surface area (TPSA) is 88.9 Å². The predicted octanol–water partition coefficient (Wildman–Crippen LogP) is 3.45. The lowest BCUT2D eigenvalue weighted by atomic mass is 10.2. The Bertz CT molecular complexity index is 1140. The zero-order valence-corrected chi connectivity index (χ0v) is 16.0. The first-order chi connectivity index (χ1) is 14.7. The molecule has 0 fully saturated rings. The largest absolute Gasteiger partial charge is 0.348 e. The minimum atomic E-state index is -0.286. The fourth-order valence-electron chi connectivity index (χ4n) is 2.94. The first-order valence-corrected chi connectivity index (χ1v) is 9.37. The van der Waals surface area contributed by atoms with Gasteiger partial charge in [0.1, 0.15) is 5.69 Å². The van der Waals surface area contributed by atoms with E-state index in [1.54, 1.807) is 47.6 Å². The van der Waals surface area contributed by atoms with E-state index in [0.717, 1.165) is 11.3 Å². The van der Waals surface area contributed by atoms with E-state index in [4.69, 9.17) is 0 Å². The highest BCUT2D eigenvalue weighted by Crippen LogP contribution is 2.15.